The molecule has 0 bridgehead atoms. The molecule has 0 aliphatic heterocycles. The minimum absolute atomic E-state index is 0.0924. The monoisotopic (exact) mass is 316 g/mol. The average molecular weight is 316 g/mol. The third-order valence-corrected chi connectivity index (χ3v) is 4.40. The predicted molar refractivity (Wildman–Crippen MR) is 85.6 cm³/mol. The fourth-order valence-electron chi connectivity index (χ4n) is 3.09. The van der Waals surface area contributed by atoms with Gasteiger partial charge in [-0.3, -0.25) is 14.7 Å². The van der Waals surface area contributed by atoms with E-state index in [2.05, 4.69) is 27.2 Å². The summed E-state index contributed by atoms with van der Waals surface area (Å²) in [5, 5.41) is 14.7. The van der Waals surface area contributed by atoms with Crippen LogP contribution in [0, 0.1) is 23.0 Å². The molecule has 2 aromatic rings. The van der Waals surface area contributed by atoms with Gasteiger partial charge in [-0.2, -0.15) is 4.98 Å². The fourth-order valence-corrected chi connectivity index (χ4v) is 3.09. The van der Waals surface area contributed by atoms with Crippen molar-refractivity contribution in [3.8, 4) is 5.82 Å². The van der Waals surface area contributed by atoms with Crippen molar-refractivity contribution in [2.75, 3.05) is 5.32 Å². The van der Waals surface area contributed by atoms with E-state index in [-0.39, 0.29) is 11.5 Å². The lowest BCUT2D eigenvalue weighted by Crippen LogP contribution is -2.31. The first kappa shape index (κ1) is 15.4. The van der Waals surface area contributed by atoms with Crippen molar-refractivity contribution in [3.05, 3.63) is 34.5 Å². The summed E-state index contributed by atoms with van der Waals surface area (Å²) < 4.78 is 1.54. The topological polar surface area (TPSA) is 98.8 Å². The summed E-state index contributed by atoms with van der Waals surface area (Å²) in [4.78, 5) is 23.5. The van der Waals surface area contributed by atoms with Crippen molar-refractivity contribution in [2.24, 2.45) is 5.92 Å². The van der Waals surface area contributed by atoms with Gasteiger partial charge in [0.05, 0.1) is 4.92 Å². The molecule has 3 rings (SSSR count). The van der Waals surface area contributed by atoms with Crippen molar-refractivity contribution >= 4 is 11.6 Å². The number of nitrogens with one attached hydrogen (secondary N) is 1. The Balaban J connectivity index is 1.97. The van der Waals surface area contributed by atoms with Crippen LogP contribution in [0.2, 0.25) is 0 Å². The van der Waals surface area contributed by atoms with Crippen LogP contribution in [0.25, 0.3) is 5.82 Å². The first-order chi connectivity index (χ1) is 11.1. The number of nitrogens with zero attached hydrogens (tertiary/aromatic N) is 5. The Morgan fingerprint density at radius 1 is 1.35 bits per heavy atom. The molecule has 1 fully saturated rings. The van der Waals surface area contributed by atoms with E-state index in [0.29, 0.717) is 23.6 Å². The first-order valence-electron chi connectivity index (χ1n) is 7.84. The van der Waals surface area contributed by atoms with Gasteiger partial charge in [0, 0.05) is 18.4 Å². The maximum absolute atomic E-state index is 11.4. The molecule has 1 aliphatic carbocycles. The number of imidazole rings is 1. The maximum Gasteiger partial charge on any atom is 0.333 e. The SMILES string of the molecule is Cc1nc(NC2CCCCC2C)nc(-n2ccnc2)c1[N+](=O)[O-]. The molecule has 2 atom stereocenters. The first-order valence-corrected chi connectivity index (χ1v) is 7.84. The van der Waals surface area contributed by atoms with Crippen LogP contribution in [0.3, 0.4) is 0 Å². The minimum atomic E-state index is -0.447. The van der Waals surface area contributed by atoms with Gasteiger partial charge >= 0.3 is 5.69 Å². The van der Waals surface area contributed by atoms with E-state index in [1.54, 1.807) is 23.9 Å². The summed E-state index contributed by atoms with van der Waals surface area (Å²) >= 11 is 0. The summed E-state index contributed by atoms with van der Waals surface area (Å²) in [7, 11) is 0. The zero-order chi connectivity index (χ0) is 16.4. The van der Waals surface area contributed by atoms with Crippen LogP contribution in [-0.2, 0) is 0 Å². The van der Waals surface area contributed by atoms with Crippen molar-refractivity contribution in [1.29, 1.82) is 0 Å². The lowest BCUT2D eigenvalue weighted by atomic mass is 9.86. The second-order valence-electron chi connectivity index (χ2n) is 6.04. The highest BCUT2D eigenvalue weighted by Crippen LogP contribution is 2.29. The van der Waals surface area contributed by atoms with E-state index in [0.717, 1.165) is 6.42 Å². The Morgan fingerprint density at radius 3 is 2.78 bits per heavy atom. The summed E-state index contributed by atoms with van der Waals surface area (Å²) in [6.45, 7) is 3.85. The van der Waals surface area contributed by atoms with E-state index in [9.17, 15) is 10.1 Å². The molecule has 8 nitrogen and oxygen atoms in total. The van der Waals surface area contributed by atoms with Gasteiger partial charge in [0.1, 0.15) is 12.0 Å². The quantitative estimate of drug-likeness (QED) is 0.688. The van der Waals surface area contributed by atoms with E-state index in [1.165, 1.54) is 25.6 Å². The molecule has 2 unspecified atom stereocenters. The number of anilines is 1. The lowest BCUT2D eigenvalue weighted by Gasteiger charge is -2.29. The standard InChI is InChI=1S/C15H20N6O2/c1-10-5-3-4-6-12(10)18-15-17-11(2)13(21(22)23)14(19-15)20-8-7-16-9-20/h7-10,12H,3-6H2,1-2H3,(H,17,18,19). The molecule has 122 valence electrons. The molecular formula is C15H20N6O2. The van der Waals surface area contributed by atoms with Gasteiger partial charge in [0.25, 0.3) is 0 Å². The molecule has 0 amide bonds. The Bertz CT molecular complexity index is 700. The normalized spacial score (nSPS) is 21.1. The van der Waals surface area contributed by atoms with Gasteiger partial charge in [-0.25, -0.2) is 9.97 Å². The average Bonchev–Trinajstić information content (AvgIpc) is 3.03. The van der Waals surface area contributed by atoms with Gasteiger partial charge < -0.3 is 5.32 Å². The van der Waals surface area contributed by atoms with Crippen LogP contribution in [0.15, 0.2) is 18.7 Å². The predicted octanol–water partition coefficient (Wildman–Crippen LogP) is 2.87. The Morgan fingerprint density at radius 2 is 2.13 bits per heavy atom. The van der Waals surface area contributed by atoms with Gasteiger partial charge in [-0.15, -0.1) is 0 Å². The molecule has 23 heavy (non-hydrogen) atoms. The highest BCUT2D eigenvalue weighted by atomic mass is 16.6. The van der Waals surface area contributed by atoms with E-state index in [4.69, 9.17) is 0 Å². The molecule has 0 spiro atoms. The van der Waals surface area contributed by atoms with Crippen molar-refractivity contribution in [1.82, 2.24) is 19.5 Å². The van der Waals surface area contributed by atoms with Crippen LogP contribution >= 0.6 is 0 Å². The number of aromatic nitrogens is 4. The number of rotatable bonds is 4. The molecule has 1 aliphatic rings. The Labute approximate surface area is 134 Å². The molecular weight excluding hydrogens is 296 g/mol. The smallest absolute Gasteiger partial charge is 0.333 e. The Hall–Kier alpha value is -2.51. The third kappa shape index (κ3) is 3.15. The summed E-state index contributed by atoms with van der Waals surface area (Å²) in [5.41, 5.74) is 0.255. The fraction of sp³-hybridized carbons (Fsp3) is 0.533. The van der Waals surface area contributed by atoms with Crippen LogP contribution in [0.5, 0.6) is 0 Å². The second kappa shape index (κ2) is 6.31. The zero-order valence-corrected chi connectivity index (χ0v) is 13.3. The third-order valence-electron chi connectivity index (χ3n) is 4.40. The van der Waals surface area contributed by atoms with Crippen molar-refractivity contribution in [3.63, 3.8) is 0 Å². The van der Waals surface area contributed by atoms with Crippen molar-refractivity contribution < 1.29 is 4.92 Å². The zero-order valence-electron chi connectivity index (χ0n) is 13.3. The molecule has 8 heteroatoms. The molecule has 0 radical (unpaired) electrons. The molecule has 2 aromatic heterocycles. The van der Waals surface area contributed by atoms with E-state index < -0.39 is 4.92 Å². The molecule has 1 N–H and O–H groups in total. The van der Waals surface area contributed by atoms with Crippen LogP contribution in [0.4, 0.5) is 11.6 Å². The maximum atomic E-state index is 11.4. The number of nitro groups is 1. The van der Waals surface area contributed by atoms with Gasteiger partial charge in [-0.05, 0) is 25.7 Å². The minimum Gasteiger partial charge on any atom is -0.351 e. The number of aryl methyl sites for hydroxylation is 1. The highest BCUT2D eigenvalue weighted by molar-refractivity contribution is 5.53. The van der Waals surface area contributed by atoms with Gasteiger partial charge in [-0.1, -0.05) is 19.8 Å². The van der Waals surface area contributed by atoms with Crippen LogP contribution in [-0.4, -0.2) is 30.5 Å². The van der Waals surface area contributed by atoms with Gasteiger partial charge in [0.2, 0.25) is 11.8 Å². The van der Waals surface area contributed by atoms with Crippen molar-refractivity contribution in [2.45, 2.75) is 45.6 Å². The largest absolute Gasteiger partial charge is 0.351 e. The van der Waals surface area contributed by atoms with Crippen LogP contribution < -0.4 is 5.32 Å². The molecule has 1 saturated carbocycles. The second-order valence-corrected chi connectivity index (χ2v) is 6.04. The molecule has 0 aromatic carbocycles. The lowest BCUT2D eigenvalue weighted by molar-refractivity contribution is -0.385. The van der Waals surface area contributed by atoms with E-state index in [1.807, 2.05) is 0 Å². The molecule has 2 heterocycles. The summed E-state index contributed by atoms with van der Waals surface area (Å²) in [5.74, 6) is 1.22. The van der Waals surface area contributed by atoms with Gasteiger partial charge in [0.15, 0.2) is 0 Å². The Kier molecular flexibility index (Phi) is 4.22. The summed E-state index contributed by atoms with van der Waals surface area (Å²) in [6.07, 6.45) is 9.39. The summed E-state index contributed by atoms with van der Waals surface area (Å²) in [6, 6.07) is 0.306. The number of hydrogen-bond donors (Lipinski definition) is 1. The van der Waals surface area contributed by atoms with E-state index >= 15 is 0 Å². The molecule has 0 saturated heterocycles. The van der Waals surface area contributed by atoms with Crippen LogP contribution in [0.1, 0.15) is 38.3 Å². The highest BCUT2D eigenvalue weighted by Gasteiger charge is 2.26. The number of hydrogen-bond acceptors (Lipinski definition) is 6.